The minimum Gasteiger partial charge on any atom is -0.365 e. The summed E-state index contributed by atoms with van der Waals surface area (Å²) < 4.78 is 2.07. The highest BCUT2D eigenvalue weighted by Gasteiger charge is 2.19. The molecule has 0 spiro atoms. The third-order valence-corrected chi connectivity index (χ3v) is 4.21. The monoisotopic (exact) mass is 347 g/mol. The van der Waals surface area contributed by atoms with Crippen LogP contribution in [-0.4, -0.2) is 14.9 Å². The van der Waals surface area contributed by atoms with Crippen molar-refractivity contribution in [3.8, 4) is 11.3 Å². The number of rotatable bonds is 2. The average molecular weight is 348 g/mol. The fourth-order valence-electron chi connectivity index (χ4n) is 2.47. The molecule has 1 aromatic carbocycles. The summed E-state index contributed by atoms with van der Waals surface area (Å²) in [5.41, 5.74) is 3.78. The molecule has 0 atom stereocenters. The maximum Gasteiger partial charge on any atom is 0.139 e. The van der Waals surface area contributed by atoms with E-state index in [-0.39, 0.29) is 5.54 Å². The van der Waals surface area contributed by atoms with E-state index in [4.69, 9.17) is 28.2 Å². The number of halogens is 2. The molecule has 0 bridgehead atoms. The number of hydrogen-bond acceptors (Lipinski definition) is 2. The smallest absolute Gasteiger partial charge is 0.139 e. The van der Waals surface area contributed by atoms with Crippen LogP contribution in [0.25, 0.3) is 16.9 Å². The summed E-state index contributed by atoms with van der Waals surface area (Å²) in [6.45, 7) is 8.43. The molecule has 1 N–H and O–H groups in total. The minimum atomic E-state index is -0.0914. The zero-order valence-electron chi connectivity index (χ0n) is 13.6. The van der Waals surface area contributed by atoms with Gasteiger partial charge in [-0.1, -0.05) is 29.3 Å². The van der Waals surface area contributed by atoms with Gasteiger partial charge in [-0.3, -0.25) is 4.40 Å². The van der Waals surface area contributed by atoms with Gasteiger partial charge in [-0.15, -0.1) is 0 Å². The Bertz CT molecular complexity index is 876. The lowest BCUT2D eigenvalue weighted by Gasteiger charge is -2.22. The number of pyridine rings is 1. The number of imidazole rings is 1. The van der Waals surface area contributed by atoms with E-state index in [1.165, 1.54) is 5.56 Å². The first-order chi connectivity index (χ1) is 10.7. The van der Waals surface area contributed by atoms with Crippen LogP contribution in [0.2, 0.25) is 10.0 Å². The molecule has 2 aromatic heterocycles. The molecule has 0 saturated heterocycles. The quantitative estimate of drug-likeness (QED) is 0.632. The largest absolute Gasteiger partial charge is 0.365 e. The van der Waals surface area contributed by atoms with Gasteiger partial charge in [-0.05, 0) is 57.5 Å². The van der Waals surface area contributed by atoms with E-state index < -0.39 is 0 Å². The fraction of sp³-hybridized carbons (Fsp3) is 0.278. The van der Waals surface area contributed by atoms with Crippen LogP contribution < -0.4 is 5.32 Å². The van der Waals surface area contributed by atoms with Gasteiger partial charge in [0.05, 0.1) is 10.0 Å². The molecule has 0 radical (unpaired) electrons. The Morgan fingerprint density at radius 1 is 1.04 bits per heavy atom. The molecular weight excluding hydrogens is 329 g/mol. The molecule has 3 nitrogen and oxygen atoms in total. The first-order valence-electron chi connectivity index (χ1n) is 7.47. The SMILES string of the molecule is Cc1ccn2c(NC(C)(C)C)c(-c3ccc(Cl)c(Cl)c3)nc2c1. The molecule has 2 heterocycles. The Morgan fingerprint density at radius 3 is 2.43 bits per heavy atom. The summed E-state index contributed by atoms with van der Waals surface area (Å²) in [5.74, 6) is 0.950. The summed E-state index contributed by atoms with van der Waals surface area (Å²) in [6.07, 6.45) is 2.03. The molecule has 5 heteroatoms. The highest BCUT2D eigenvalue weighted by molar-refractivity contribution is 6.42. The van der Waals surface area contributed by atoms with Gasteiger partial charge in [-0.25, -0.2) is 4.98 Å². The molecule has 120 valence electrons. The van der Waals surface area contributed by atoms with E-state index in [1.54, 1.807) is 6.07 Å². The Balaban J connectivity index is 2.25. The zero-order chi connectivity index (χ0) is 16.8. The van der Waals surface area contributed by atoms with Crippen LogP contribution in [0.1, 0.15) is 26.3 Å². The van der Waals surface area contributed by atoms with Crippen molar-refractivity contribution in [1.82, 2.24) is 9.38 Å². The normalized spacial score (nSPS) is 11.9. The highest BCUT2D eigenvalue weighted by Crippen LogP contribution is 2.34. The van der Waals surface area contributed by atoms with Gasteiger partial charge >= 0.3 is 0 Å². The lowest BCUT2D eigenvalue weighted by molar-refractivity contribution is 0.629. The Labute approximate surface area is 146 Å². The van der Waals surface area contributed by atoms with E-state index in [0.29, 0.717) is 10.0 Å². The lowest BCUT2D eigenvalue weighted by atomic mass is 10.1. The molecular formula is C18H19Cl2N3. The lowest BCUT2D eigenvalue weighted by Crippen LogP contribution is -2.27. The summed E-state index contributed by atoms with van der Waals surface area (Å²) in [4.78, 5) is 4.80. The molecule has 0 fully saturated rings. The molecule has 0 amide bonds. The van der Waals surface area contributed by atoms with E-state index in [9.17, 15) is 0 Å². The fourth-order valence-corrected chi connectivity index (χ4v) is 2.76. The van der Waals surface area contributed by atoms with Crippen LogP contribution in [0.15, 0.2) is 36.5 Å². The van der Waals surface area contributed by atoms with Gasteiger partial charge in [0, 0.05) is 17.3 Å². The Hall–Kier alpha value is -1.71. The van der Waals surface area contributed by atoms with E-state index in [1.807, 2.05) is 18.3 Å². The van der Waals surface area contributed by atoms with E-state index >= 15 is 0 Å². The predicted octanol–water partition coefficient (Wildman–Crippen LogP) is 5.83. The molecule has 3 rings (SSSR count). The first-order valence-corrected chi connectivity index (χ1v) is 8.22. The number of nitrogens with zero attached hydrogens (tertiary/aromatic N) is 2. The molecule has 0 saturated carbocycles. The Morgan fingerprint density at radius 2 is 1.78 bits per heavy atom. The number of aromatic nitrogens is 2. The van der Waals surface area contributed by atoms with Crippen molar-refractivity contribution in [2.45, 2.75) is 33.2 Å². The molecule has 0 unspecified atom stereocenters. The summed E-state index contributed by atoms with van der Waals surface area (Å²) >= 11 is 12.2. The molecule has 0 aliphatic rings. The van der Waals surface area contributed by atoms with Crippen molar-refractivity contribution < 1.29 is 0 Å². The second-order valence-corrected chi connectivity index (χ2v) is 7.56. The number of hydrogen-bond donors (Lipinski definition) is 1. The first kappa shape index (κ1) is 16.2. The second kappa shape index (κ2) is 5.73. The van der Waals surface area contributed by atoms with Crippen LogP contribution in [0.3, 0.4) is 0 Å². The van der Waals surface area contributed by atoms with Crippen molar-refractivity contribution in [1.29, 1.82) is 0 Å². The van der Waals surface area contributed by atoms with Crippen LogP contribution in [0.4, 0.5) is 5.82 Å². The van der Waals surface area contributed by atoms with Gasteiger partial charge in [0.1, 0.15) is 17.2 Å². The predicted molar refractivity (Wildman–Crippen MR) is 98.8 cm³/mol. The number of fused-ring (bicyclic) bond motifs is 1. The maximum atomic E-state index is 6.19. The number of anilines is 1. The van der Waals surface area contributed by atoms with Gasteiger partial charge in [0.2, 0.25) is 0 Å². The third-order valence-electron chi connectivity index (χ3n) is 3.47. The van der Waals surface area contributed by atoms with E-state index in [2.05, 4.69) is 49.5 Å². The van der Waals surface area contributed by atoms with Crippen molar-refractivity contribution in [2.75, 3.05) is 5.32 Å². The Kier molecular flexibility index (Phi) is 4.03. The minimum absolute atomic E-state index is 0.0914. The highest BCUT2D eigenvalue weighted by atomic mass is 35.5. The zero-order valence-corrected chi connectivity index (χ0v) is 15.1. The van der Waals surface area contributed by atoms with Gasteiger partial charge in [0.25, 0.3) is 0 Å². The van der Waals surface area contributed by atoms with Crippen molar-refractivity contribution >= 4 is 34.7 Å². The maximum absolute atomic E-state index is 6.19. The molecule has 23 heavy (non-hydrogen) atoms. The number of aryl methyl sites for hydroxylation is 1. The van der Waals surface area contributed by atoms with Gasteiger partial charge in [-0.2, -0.15) is 0 Å². The van der Waals surface area contributed by atoms with E-state index in [0.717, 1.165) is 22.7 Å². The topological polar surface area (TPSA) is 29.3 Å². The molecule has 3 aromatic rings. The van der Waals surface area contributed by atoms with Crippen LogP contribution >= 0.6 is 23.2 Å². The summed E-state index contributed by atoms with van der Waals surface area (Å²) in [7, 11) is 0. The van der Waals surface area contributed by atoms with Crippen LogP contribution in [0, 0.1) is 6.92 Å². The number of benzene rings is 1. The number of nitrogens with one attached hydrogen (secondary N) is 1. The standard InChI is InChI=1S/C18H19Cl2N3/c1-11-7-8-23-15(9-11)21-16(17(23)22-18(2,3)4)12-5-6-13(19)14(20)10-12/h5-10,22H,1-4H3. The molecule has 0 aliphatic carbocycles. The molecule has 0 aliphatic heterocycles. The van der Waals surface area contributed by atoms with Crippen molar-refractivity contribution in [2.24, 2.45) is 0 Å². The van der Waals surface area contributed by atoms with Crippen LogP contribution in [0.5, 0.6) is 0 Å². The summed E-state index contributed by atoms with van der Waals surface area (Å²) in [6, 6.07) is 9.73. The summed E-state index contributed by atoms with van der Waals surface area (Å²) in [5, 5.41) is 4.62. The second-order valence-electron chi connectivity index (χ2n) is 6.75. The van der Waals surface area contributed by atoms with Gasteiger partial charge in [0.15, 0.2) is 0 Å². The van der Waals surface area contributed by atoms with Crippen LogP contribution in [-0.2, 0) is 0 Å². The van der Waals surface area contributed by atoms with Crippen molar-refractivity contribution in [3.05, 3.63) is 52.1 Å². The third kappa shape index (κ3) is 3.31. The van der Waals surface area contributed by atoms with Gasteiger partial charge < -0.3 is 5.32 Å². The average Bonchev–Trinajstić information content (AvgIpc) is 2.78. The van der Waals surface area contributed by atoms with Crippen molar-refractivity contribution in [3.63, 3.8) is 0 Å².